The molecule has 1 fully saturated rings. The lowest BCUT2D eigenvalue weighted by Gasteiger charge is -2.03. The highest BCUT2D eigenvalue weighted by Gasteiger charge is 2.46. The number of benzene rings is 1. The predicted molar refractivity (Wildman–Crippen MR) is 52.6 cm³/mol. The molecule has 0 amide bonds. The number of carbonyl (C=O) groups is 1. The summed E-state index contributed by atoms with van der Waals surface area (Å²) in [5.41, 5.74) is 0.500. The summed E-state index contributed by atoms with van der Waals surface area (Å²) in [6.45, 7) is 0. The molecular formula is C10H8BrFO2. The molecule has 1 N–H and O–H groups in total. The van der Waals surface area contributed by atoms with E-state index in [1.165, 1.54) is 6.07 Å². The fourth-order valence-corrected chi connectivity index (χ4v) is 2.29. The van der Waals surface area contributed by atoms with Gasteiger partial charge in [-0.2, -0.15) is 0 Å². The summed E-state index contributed by atoms with van der Waals surface area (Å²) in [4.78, 5) is 10.6. The van der Waals surface area contributed by atoms with Gasteiger partial charge in [0.05, 0.1) is 5.92 Å². The number of hydrogen-bond donors (Lipinski definition) is 1. The Kier molecular flexibility index (Phi) is 2.31. The van der Waals surface area contributed by atoms with E-state index in [0.717, 1.165) is 0 Å². The molecule has 74 valence electrons. The van der Waals surface area contributed by atoms with Crippen LogP contribution in [0.5, 0.6) is 0 Å². The summed E-state index contributed by atoms with van der Waals surface area (Å²) >= 11 is 3.23. The highest BCUT2D eigenvalue weighted by atomic mass is 79.9. The van der Waals surface area contributed by atoms with Crippen LogP contribution in [0.2, 0.25) is 0 Å². The second kappa shape index (κ2) is 3.35. The monoisotopic (exact) mass is 258 g/mol. The summed E-state index contributed by atoms with van der Waals surface area (Å²) < 4.78 is 14.0. The molecule has 2 atom stereocenters. The number of carboxylic acids is 1. The van der Waals surface area contributed by atoms with E-state index < -0.39 is 11.9 Å². The first-order chi connectivity index (χ1) is 6.61. The Morgan fingerprint density at radius 2 is 2.29 bits per heavy atom. The third-order valence-corrected chi connectivity index (χ3v) is 3.17. The summed E-state index contributed by atoms with van der Waals surface area (Å²) in [5, 5.41) is 8.73. The summed E-state index contributed by atoms with van der Waals surface area (Å²) in [6.07, 6.45) is 0.537. The lowest BCUT2D eigenvalue weighted by atomic mass is 10.1. The van der Waals surface area contributed by atoms with Gasteiger partial charge in [0.25, 0.3) is 0 Å². The smallest absolute Gasteiger partial charge is 0.307 e. The third kappa shape index (κ3) is 1.54. The Morgan fingerprint density at radius 1 is 1.57 bits per heavy atom. The Labute approximate surface area is 88.9 Å². The quantitative estimate of drug-likeness (QED) is 0.886. The molecule has 0 bridgehead atoms. The van der Waals surface area contributed by atoms with Crippen molar-refractivity contribution >= 4 is 21.9 Å². The molecule has 0 aliphatic heterocycles. The topological polar surface area (TPSA) is 37.3 Å². The van der Waals surface area contributed by atoms with Crippen molar-refractivity contribution in [2.45, 2.75) is 12.3 Å². The molecule has 14 heavy (non-hydrogen) atoms. The zero-order valence-electron chi connectivity index (χ0n) is 7.21. The molecule has 2 rings (SSSR count). The molecule has 4 heteroatoms. The van der Waals surface area contributed by atoms with Crippen molar-refractivity contribution in [2.24, 2.45) is 5.92 Å². The van der Waals surface area contributed by atoms with E-state index in [2.05, 4.69) is 15.9 Å². The number of aliphatic carboxylic acids is 1. The maximum absolute atomic E-state index is 13.4. The minimum absolute atomic E-state index is 0.164. The first-order valence-corrected chi connectivity index (χ1v) is 5.07. The fourth-order valence-electron chi connectivity index (χ4n) is 1.65. The molecule has 0 unspecified atom stereocenters. The molecule has 0 aromatic heterocycles. The minimum atomic E-state index is -0.842. The van der Waals surface area contributed by atoms with Crippen molar-refractivity contribution in [3.05, 3.63) is 34.1 Å². The van der Waals surface area contributed by atoms with E-state index >= 15 is 0 Å². The molecule has 0 heterocycles. The minimum Gasteiger partial charge on any atom is -0.481 e. The van der Waals surface area contributed by atoms with Crippen LogP contribution >= 0.6 is 15.9 Å². The molecule has 2 nitrogen and oxygen atoms in total. The molecule has 1 saturated carbocycles. The fraction of sp³-hybridized carbons (Fsp3) is 0.300. The Bertz CT molecular complexity index is 371. The van der Waals surface area contributed by atoms with Gasteiger partial charge in [-0.1, -0.05) is 22.0 Å². The van der Waals surface area contributed by atoms with E-state index in [4.69, 9.17) is 5.11 Å². The summed E-state index contributed by atoms with van der Waals surface area (Å²) in [5.74, 6) is -1.75. The Balaban J connectivity index is 2.31. The van der Waals surface area contributed by atoms with Crippen molar-refractivity contribution < 1.29 is 14.3 Å². The Morgan fingerprint density at radius 3 is 2.79 bits per heavy atom. The maximum atomic E-state index is 13.4. The summed E-state index contributed by atoms with van der Waals surface area (Å²) in [7, 11) is 0. The Hall–Kier alpha value is -0.900. The van der Waals surface area contributed by atoms with Gasteiger partial charge in [0.15, 0.2) is 0 Å². The number of hydrogen-bond acceptors (Lipinski definition) is 1. The van der Waals surface area contributed by atoms with Gasteiger partial charge in [-0.25, -0.2) is 4.39 Å². The van der Waals surface area contributed by atoms with Crippen LogP contribution in [0.4, 0.5) is 4.39 Å². The lowest BCUT2D eigenvalue weighted by Crippen LogP contribution is -2.00. The molecule has 1 aliphatic rings. The van der Waals surface area contributed by atoms with Crippen molar-refractivity contribution in [1.82, 2.24) is 0 Å². The van der Waals surface area contributed by atoms with Gasteiger partial charge in [-0.05, 0) is 18.6 Å². The van der Waals surface area contributed by atoms with Crippen molar-refractivity contribution in [3.8, 4) is 0 Å². The zero-order chi connectivity index (χ0) is 10.3. The van der Waals surface area contributed by atoms with E-state index in [-0.39, 0.29) is 11.7 Å². The first-order valence-electron chi connectivity index (χ1n) is 4.28. The molecule has 1 aromatic rings. The van der Waals surface area contributed by atoms with Gasteiger partial charge >= 0.3 is 5.97 Å². The highest BCUT2D eigenvalue weighted by molar-refractivity contribution is 9.10. The largest absolute Gasteiger partial charge is 0.481 e. The van der Waals surface area contributed by atoms with Gasteiger partial charge in [0.2, 0.25) is 0 Å². The molecule has 1 aromatic carbocycles. The maximum Gasteiger partial charge on any atom is 0.307 e. The van der Waals surface area contributed by atoms with Gasteiger partial charge in [0.1, 0.15) is 5.82 Å². The van der Waals surface area contributed by atoms with Gasteiger partial charge < -0.3 is 5.11 Å². The van der Waals surface area contributed by atoms with Crippen LogP contribution in [0.15, 0.2) is 22.7 Å². The average Bonchev–Trinajstić information content (AvgIpc) is 2.83. The zero-order valence-corrected chi connectivity index (χ0v) is 8.79. The van der Waals surface area contributed by atoms with Crippen molar-refractivity contribution in [2.75, 3.05) is 0 Å². The van der Waals surface area contributed by atoms with Crippen LogP contribution in [0.3, 0.4) is 0 Å². The number of halogens is 2. The SMILES string of the molecule is O=C(O)[C@@H]1C[C@H]1c1c(F)cccc1Br. The van der Waals surface area contributed by atoms with E-state index in [9.17, 15) is 9.18 Å². The highest BCUT2D eigenvalue weighted by Crippen LogP contribution is 2.50. The molecule has 0 spiro atoms. The molecular weight excluding hydrogens is 251 g/mol. The third-order valence-electron chi connectivity index (χ3n) is 2.48. The van der Waals surface area contributed by atoms with Crippen LogP contribution in [0.1, 0.15) is 17.9 Å². The van der Waals surface area contributed by atoms with Gasteiger partial charge in [0, 0.05) is 16.0 Å². The normalized spacial score (nSPS) is 24.7. The van der Waals surface area contributed by atoms with E-state index in [1.807, 2.05) is 0 Å². The lowest BCUT2D eigenvalue weighted by molar-refractivity contribution is -0.138. The van der Waals surface area contributed by atoms with Crippen LogP contribution in [0, 0.1) is 11.7 Å². The number of carboxylic acid groups (broad SMARTS) is 1. The van der Waals surface area contributed by atoms with Crippen molar-refractivity contribution in [1.29, 1.82) is 0 Å². The standard InChI is InChI=1S/C10H8BrFO2/c11-7-2-1-3-8(12)9(7)5-4-6(5)10(13)14/h1-3,5-6H,4H2,(H,13,14)/t5-,6-/m1/s1. The van der Waals surface area contributed by atoms with Crippen LogP contribution in [-0.4, -0.2) is 11.1 Å². The first kappa shape index (κ1) is 9.65. The number of rotatable bonds is 2. The second-order valence-corrected chi connectivity index (χ2v) is 4.28. The molecule has 1 aliphatic carbocycles. The predicted octanol–water partition coefficient (Wildman–Crippen LogP) is 2.78. The molecule has 0 saturated heterocycles. The summed E-state index contributed by atoms with van der Waals surface area (Å²) in [6, 6.07) is 4.69. The average molecular weight is 259 g/mol. The van der Waals surface area contributed by atoms with E-state index in [0.29, 0.717) is 16.5 Å². The van der Waals surface area contributed by atoms with Crippen LogP contribution in [-0.2, 0) is 4.79 Å². The van der Waals surface area contributed by atoms with Crippen LogP contribution in [0.25, 0.3) is 0 Å². The van der Waals surface area contributed by atoms with Gasteiger partial charge in [-0.3, -0.25) is 4.79 Å². The van der Waals surface area contributed by atoms with Crippen molar-refractivity contribution in [3.63, 3.8) is 0 Å². The van der Waals surface area contributed by atoms with Gasteiger partial charge in [-0.15, -0.1) is 0 Å². The van der Waals surface area contributed by atoms with E-state index in [1.54, 1.807) is 12.1 Å². The van der Waals surface area contributed by atoms with Crippen LogP contribution < -0.4 is 0 Å². The molecule has 0 radical (unpaired) electrons. The second-order valence-electron chi connectivity index (χ2n) is 3.42.